The molecular weight excluding hydrogens is 496 g/mol. The van der Waals surface area contributed by atoms with Gasteiger partial charge in [0.05, 0.1) is 30.1 Å². The Kier molecular flexibility index (Phi) is 7.54. The zero-order chi connectivity index (χ0) is 29.0. The molecule has 0 aromatic heterocycles. The second-order valence-corrected chi connectivity index (χ2v) is 13.6. The molecule has 2 bridgehead atoms. The minimum absolute atomic E-state index is 0.0830. The molecule has 8 nitrogen and oxygen atoms in total. The first-order chi connectivity index (χ1) is 18.1. The van der Waals surface area contributed by atoms with Gasteiger partial charge in [-0.1, -0.05) is 57.2 Å². The van der Waals surface area contributed by atoms with Gasteiger partial charge in [-0.25, -0.2) is 0 Å². The maximum absolute atomic E-state index is 14.8. The van der Waals surface area contributed by atoms with Crippen molar-refractivity contribution < 1.29 is 29.3 Å². The number of hydrogen-bond donors (Lipinski definition) is 2. The van der Waals surface area contributed by atoms with Crippen LogP contribution in [0, 0.1) is 17.3 Å². The average molecular weight is 541 g/mol. The third-order valence-corrected chi connectivity index (χ3v) is 8.90. The number of carbonyl (C=O) groups excluding carboxylic acids is 2. The first-order valence-electron chi connectivity index (χ1n) is 13.9. The molecule has 1 aromatic carbocycles. The Hall–Kier alpha value is -2.71. The maximum Gasteiger partial charge on any atom is 0.310 e. The van der Waals surface area contributed by atoms with E-state index >= 15 is 0 Å². The van der Waals surface area contributed by atoms with E-state index in [4.69, 9.17) is 4.74 Å². The molecule has 3 saturated heterocycles. The number of carbonyl (C=O) groups is 3. The van der Waals surface area contributed by atoms with Crippen LogP contribution in [0.4, 0.5) is 0 Å². The van der Waals surface area contributed by atoms with E-state index in [1.807, 2.05) is 44.2 Å². The number of fused-ring (bicyclic) bond motifs is 1. The molecule has 0 radical (unpaired) electrons. The van der Waals surface area contributed by atoms with Gasteiger partial charge in [0.1, 0.15) is 11.6 Å². The van der Waals surface area contributed by atoms with Crippen molar-refractivity contribution in [3.05, 3.63) is 48.6 Å². The SMILES string of the molecule is C=CCN(C(=O)C1N([C@@H](CO)Cc2ccccc2)C(=O)[C@@H]2[C@@H](C(=O)O)[C@@]3(C)CCC12O3)C(C)(C)CC(C)(C)C. The van der Waals surface area contributed by atoms with E-state index in [-0.39, 0.29) is 24.5 Å². The van der Waals surface area contributed by atoms with Crippen LogP contribution in [0.1, 0.15) is 66.4 Å². The normalized spacial score (nSPS) is 30.8. The molecule has 2 amide bonds. The van der Waals surface area contributed by atoms with Crippen molar-refractivity contribution in [2.24, 2.45) is 17.3 Å². The number of aliphatic hydroxyl groups is 1. The second-order valence-electron chi connectivity index (χ2n) is 13.6. The van der Waals surface area contributed by atoms with Crippen LogP contribution < -0.4 is 0 Å². The van der Waals surface area contributed by atoms with Gasteiger partial charge in [0.25, 0.3) is 0 Å². The number of hydrogen-bond acceptors (Lipinski definition) is 5. The van der Waals surface area contributed by atoms with Gasteiger partial charge in [-0.3, -0.25) is 14.4 Å². The first-order valence-corrected chi connectivity index (χ1v) is 13.9. The van der Waals surface area contributed by atoms with Gasteiger partial charge >= 0.3 is 5.97 Å². The van der Waals surface area contributed by atoms with E-state index in [1.54, 1.807) is 17.9 Å². The Bertz CT molecular complexity index is 1130. The predicted molar refractivity (Wildman–Crippen MR) is 148 cm³/mol. The number of rotatable bonds is 10. The van der Waals surface area contributed by atoms with Crippen LogP contribution in [0.25, 0.3) is 0 Å². The van der Waals surface area contributed by atoms with Crippen LogP contribution in [0.5, 0.6) is 0 Å². The van der Waals surface area contributed by atoms with Crippen molar-refractivity contribution >= 4 is 17.8 Å². The summed E-state index contributed by atoms with van der Waals surface area (Å²) in [6, 6.07) is 7.73. The zero-order valence-corrected chi connectivity index (χ0v) is 24.1. The van der Waals surface area contributed by atoms with E-state index in [2.05, 4.69) is 27.4 Å². The molecule has 1 spiro atoms. The summed E-state index contributed by atoms with van der Waals surface area (Å²) in [5, 5.41) is 20.8. The van der Waals surface area contributed by atoms with Crippen molar-refractivity contribution in [1.82, 2.24) is 9.80 Å². The summed E-state index contributed by atoms with van der Waals surface area (Å²) in [7, 11) is 0. The summed E-state index contributed by atoms with van der Waals surface area (Å²) < 4.78 is 6.57. The largest absolute Gasteiger partial charge is 0.481 e. The molecule has 3 heterocycles. The highest BCUT2D eigenvalue weighted by molar-refractivity contribution is 5.98. The Labute approximate surface area is 232 Å². The van der Waals surface area contributed by atoms with Crippen molar-refractivity contribution in [1.29, 1.82) is 0 Å². The number of likely N-dealkylation sites (tertiary alicyclic amines) is 1. The lowest BCUT2D eigenvalue weighted by Gasteiger charge is -2.46. The molecule has 1 aromatic rings. The van der Waals surface area contributed by atoms with Gasteiger partial charge in [-0.15, -0.1) is 6.58 Å². The third-order valence-electron chi connectivity index (χ3n) is 8.90. The Morgan fingerprint density at radius 1 is 1.21 bits per heavy atom. The molecule has 3 aliphatic heterocycles. The number of ether oxygens (including phenoxy) is 1. The second kappa shape index (κ2) is 10.0. The lowest BCUT2D eigenvalue weighted by molar-refractivity contribution is -0.161. The quantitative estimate of drug-likeness (QED) is 0.439. The van der Waals surface area contributed by atoms with E-state index < -0.39 is 52.5 Å². The number of benzene rings is 1. The smallest absolute Gasteiger partial charge is 0.310 e. The van der Waals surface area contributed by atoms with Crippen molar-refractivity contribution in [3.8, 4) is 0 Å². The standard InChI is InChI=1S/C31H44N2O6/c1-8-16-32(29(5,6)19-28(2,3)4)26(36)24-31-15-14-30(7,39-31)23(27(37)38)22(31)25(35)33(24)21(18-34)17-20-12-10-9-11-13-20/h8-13,21-24,34H,1,14-19H2,2-7H3,(H,37,38)/t21-,22+,23+,24?,30-,31?/m1/s1. The molecular formula is C31H44N2O6. The third kappa shape index (κ3) is 4.91. The van der Waals surface area contributed by atoms with Gasteiger partial charge in [0.2, 0.25) is 11.8 Å². The van der Waals surface area contributed by atoms with E-state index in [1.165, 1.54) is 4.90 Å². The van der Waals surface area contributed by atoms with Gasteiger partial charge in [0.15, 0.2) is 0 Å². The fraction of sp³-hybridized carbons (Fsp3) is 0.645. The van der Waals surface area contributed by atoms with Gasteiger partial charge < -0.3 is 24.7 Å². The molecule has 4 rings (SSSR count). The molecule has 39 heavy (non-hydrogen) atoms. The van der Waals surface area contributed by atoms with Crippen LogP contribution in [0.3, 0.4) is 0 Å². The number of aliphatic hydroxyl groups excluding tert-OH is 1. The Balaban J connectivity index is 1.84. The molecule has 6 atom stereocenters. The maximum atomic E-state index is 14.8. The molecule has 214 valence electrons. The molecule has 0 saturated carbocycles. The van der Waals surface area contributed by atoms with Gasteiger partial charge in [0, 0.05) is 12.1 Å². The summed E-state index contributed by atoms with van der Waals surface area (Å²) in [5.74, 6) is -3.87. The van der Waals surface area contributed by atoms with Crippen LogP contribution in [0.2, 0.25) is 0 Å². The number of amides is 2. The average Bonchev–Trinajstić information content (AvgIpc) is 3.40. The lowest BCUT2D eigenvalue weighted by Crippen LogP contribution is -2.62. The highest BCUT2D eigenvalue weighted by atomic mass is 16.5. The molecule has 0 aliphatic carbocycles. The molecule has 8 heteroatoms. The Morgan fingerprint density at radius 3 is 2.38 bits per heavy atom. The summed E-state index contributed by atoms with van der Waals surface area (Å²) in [6.45, 7) is 15.9. The van der Waals surface area contributed by atoms with Crippen molar-refractivity contribution in [2.45, 2.75) is 96.1 Å². The topological polar surface area (TPSA) is 107 Å². The van der Waals surface area contributed by atoms with Crippen LogP contribution in [0.15, 0.2) is 43.0 Å². The number of carboxylic acid groups (broad SMARTS) is 1. The summed E-state index contributed by atoms with van der Waals surface area (Å²) in [6.07, 6.45) is 3.56. The van der Waals surface area contributed by atoms with Crippen molar-refractivity contribution in [3.63, 3.8) is 0 Å². The first kappa shape index (κ1) is 29.3. The van der Waals surface area contributed by atoms with Crippen LogP contribution >= 0.6 is 0 Å². The summed E-state index contributed by atoms with van der Waals surface area (Å²) in [5.41, 5.74) is -2.07. The fourth-order valence-electron chi connectivity index (χ4n) is 7.85. The monoisotopic (exact) mass is 540 g/mol. The number of nitrogens with zero attached hydrogens (tertiary/aromatic N) is 2. The number of carboxylic acids is 1. The number of aliphatic carboxylic acids is 1. The molecule has 2 unspecified atom stereocenters. The summed E-state index contributed by atoms with van der Waals surface area (Å²) >= 11 is 0. The minimum atomic E-state index is -1.27. The van der Waals surface area contributed by atoms with E-state index in [9.17, 15) is 24.6 Å². The summed E-state index contributed by atoms with van der Waals surface area (Å²) in [4.78, 5) is 44.8. The molecule has 2 N–H and O–H groups in total. The molecule has 3 fully saturated rings. The predicted octanol–water partition coefficient (Wildman–Crippen LogP) is 3.67. The fourth-order valence-corrected chi connectivity index (χ4v) is 7.85. The van der Waals surface area contributed by atoms with Gasteiger partial charge in [-0.2, -0.15) is 0 Å². The highest BCUT2D eigenvalue weighted by Gasteiger charge is 2.79. The van der Waals surface area contributed by atoms with Crippen LogP contribution in [-0.4, -0.2) is 79.8 Å². The van der Waals surface area contributed by atoms with Crippen LogP contribution in [-0.2, 0) is 25.5 Å². The highest BCUT2D eigenvalue weighted by Crippen LogP contribution is 2.63. The zero-order valence-electron chi connectivity index (χ0n) is 24.1. The van der Waals surface area contributed by atoms with E-state index in [0.29, 0.717) is 25.7 Å². The van der Waals surface area contributed by atoms with Crippen molar-refractivity contribution in [2.75, 3.05) is 13.2 Å². The Morgan fingerprint density at radius 2 is 1.85 bits per heavy atom. The lowest BCUT2D eigenvalue weighted by atomic mass is 9.66. The minimum Gasteiger partial charge on any atom is -0.481 e. The van der Waals surface area contributed by atoms with E-state index in [0.717, 1.165) is 5.56 Å². The molecule has 3 aliphatic rings. The van der Waals surface area contributed by atoms with Gasteiger partial charge in [-0.05, 0) is 57.4 Å².